The maximum atomic E-state index is 12.4. The van der Waals surface area contributed by atoms with Crippen molar-refractivity contribution in [2.24, 2.45) is 5.92 Å². The Hall–Kier alpha value is -0.810. The molecule has 2 atom stereocenters. The summed E-state index contributed by atoms with van der Waals surface area (Å²) >= 11 is 0. The Kier molecular flexibility index (Phi) is 12.0. The minimum atomic E-state index is -3.74. The number of allylic oxidation sites excluding steroid dienone is 3. The van der Waals surface area contributed by atoms with E-state index in [4.69, 9.17) is 28.2 Å². The molecule has 0 bridgehead atoms. The molecule has 0 radical (unpaired) electrons. The van der Waals surface area contributed by atoms with Crippen LogP contribution in [0.25, 0.3) is 0 Å². The Balaban J connectivity index is 2.00. The lowest BCUT2D eigenvalue weighted by molar-refractivity contribution is -0.00770. The van der Waals surface area contributed by atoms with Crippen molar-refractivity contribution in [3.05, 3.63) is 24.3 Å². The average Bonchev–Trinajstić information content (AvgIpc) is 2.64. The predicted molar refractivity (Wildman–Crippen MR) is 101 cm³/mol. The quantitative estimate of drug-likeness (QED) is 0.297. The van der Waals surface area contributed by atoms with Gasteiger partial charge in [-0.2, -0.15) is 8.42 Å². The fraction of sp³-hybridized carbons (Fsp3) is 0.778. The average molecular weight is 409 g/mol. The lowest BCUT2D eigenvalue weighted by Gasteiger charge is -2.31. The summed E-state index contributed by atoms with van der Waals surface area (Å²) in [6.45, 7) is 6.48. The van der Waals surface area contributed by atoms with Gasteiger partial charge >= 0.3 is 0 Å². The van der Waals surface area contributed by atoms with Crippen LogP contribution in [0.2, 0.25) is 0 Å². The predicted octanol–water partition coefficient (Wildman–Crippen LogP) is 0.912. The lowest BCUT2D eigenvalue weighted by atomic mass is 9.91. The number of hydrogen-bond donors (Lipinski definition) is 1. The van der Waals surface area contributed by atoms with Gasteiger partial charge in [0.25, 0.3) is 10.1 Å². The highest BCUT2D eigenvalue weighted by atomic mass is 32.2. The second-order valence-electron chi connectivity index (χ2n) is 6.17. The smallest absolute Gasteiger partial charge is 0.277 e. The van der Waals surface area contributed by atoms with E-state index in [1.165, 1.54) is 0 Å². The van der Waals surface area contributed by atoms with E-state index in [2.05, 4.69) is 0 Å². The monoisotopic (exact) mass is 408 g/mol. The second kappa shape index (κ2) is 13.4. The van der Waals surface area contributed by atoms with Crippen molar-refractivity contribution < 1.29 is 36.7 Å². The highest BCUT2D eigenvalue weighted by Crippen LogP contribution is 2.33. The Morgan fingerprint density at radius 2 is 1.33 bits per heavy atom. The molecule has 1 aliphatic carbocycles. The van der Waals surface area contributed by atoms with E-state index in [0.29, 0.717) is 46.2 Å². The Morgan fingerprint density at radius 3 is 1.81 bits per heavy atom. The van der Waals surface area contributed by atoms with Gasteiger partial charge in [0.15, 0.2) is 0 Å². The van der Waals surface area contributed by atoms with Crippen LogP contribution in [0.1, 0.15) is 13.8 Å². The number of hydrogen-bond acceptors (Lipinski definition) is 8. The first-order valence-electron chi connectivity index (χ1n) is 9.11. The van der Waals surface area contributed by atoms with Gasteiger partial charge in [0, 0.05) is 0 Å². The Labute approximate surface area is 162 Å². The molecule has 2 unspecified atom stereocenters. The van der Waals surface area contributed by atoms with Gasteiger partial charge in [0.05, 0.1) is 66.1 Å². The highest BCUT2D eigenvalue weighted by molar-refractivity contribution is 7.88. The van der Waals surface area contributed by atoms with E-state index in [0.717, 1.165) is 0 Å². The molecule has 0 aromatic rings. The first-order valence-corrected chi connectivity index (χ1v) is 10.5. The summed E-state index contributed by atoms with van der Waals surface area (Å²) in [5.41, 5.74) is 0. The molecule has 1 aliphatic rings. The number of aliphatic hydroxyl groups is 1. The topological polar surface area (TPSA) is 101 Å². The summed E-state index contributed by atoms with van der Waals surface area (Å²) in [5.74, 6) is -0.162. The molecular weight excluding hydrogens is 376 g/mol. The summed E-state index contributed by atoms with van der Waals surface area (Å²) in [6.07, 6.45) is 7.06. The van der Waals surface area contributed by atoms with Gasteiger partial charge in [0.1, 0.15) is 4.75 Å². The molecule has 0 fully saturated rings. The van der Waals surface area contributed by atoms with Gasteiger partial charge in [-0.05, 0) is 12.8 Å². The first kappa shape index (κ1) is 24.2. The van der Waals surface area contributed by atoms with Crippen LogP contribution < -0.4 is 0 Å². The normalized spacial score (nSPS) is 22.4. The summed E-state index contributed by atoms with van der Waals surface area (Å²) in [5, 5.41) is 8.52. The molecule has 0 aromatic heterocycles. The second-order valence-corrected chi connectivity index (χ2v) is 8.19. The highest BCUT2D eigenvalue weighted by Gasteiger charge is 2.42. The van der Waals surface area contributed by atoms with Crippen molar-refractivity contribution in [1.29, 1.82) is 0 Å². The number of ether oxygens (including phenoxy) is 4. The molecule has 158 valence electrons. The molecule has 27 heavy (non-hydrogen) atoms. The van der Waals surface area contributed by atoms with Crippen LogP contribution in [0.4, 0.5) is 0 Å². The molecule has 9 heteroatoms. The summed E-state index contributed by atoms with van der Waals surface area (Å²) < 4.78 is 49.8. The van der Waals surface area contributed by atoms with E-state index >= 15 is 0 Å². The van der Waals surface area contributed by atoms with Gasteiger partial charge in [0.2, 0.25) is 0 Å². The summed E-state index contributed by atoms with van der Waals surface area (Å²) in [7, 11) is -3.74. The molecule has 1 N–H and O–H groups in total. The third-order valence-corrected chi connectivity index (χ3v) is 6.26. The van der Waals surface area contributed by atoms with Crippen LogP contribution in [0.3, 0.4) is 0 Å². The van der Waals surface area contributed by atoms with Gasteiger partial charge in [-0.1, -0.05) is 31.2 Å². The molecule has 0 amide bonds. The Bertz CT molecular complexity index is 546. The van der Waals surface area contributed by atoms with Crippen LogP contribution in [-0.4, -0.2) is 84.3 Å². The standard InChI is InChI=1S/C18H32O8S/c1-17-5-3-4-6-18(17,2)27(20,21)26-16-15-25-14-13-24-12-11-23-10-9-22-8-7-19/h3-6,17,19H,7-16H2,1-2H3. The minimum absolute atomic E-state index is 0.00686. The molecule has 0 aromatic carbocycles. The van der Waals surface area contributed by atoms with E-state index in [-0.39, 0.29) is 25.7 Å². The Morgan fingerprint density at radius 1 is 0.852 bits per heavy atom. The fourth-order valence-corrected chi connectivity index (χ4v) is 3.61. The van der Waals surface area contributed by atoms with Crippen LogP contribution in [0, 0.1) is 5.92 Å². The van der Waals surface area contributed by atoms with Crippen LogP contribution in [-0.2, 0) is 33.2 Å². The third kappa shape index (κ3) is 8.82. The van der Waals surface area contributed by atoms with Gasteiger partial charge in [-0.15, -0.1) is 0 Å². The van der Waals surface area contributed by atoms with E-state index in [1.54, 1.807) is 19.1 Å². The molecule has 0 saturated carbocycles. The van der Waals surface area contributed by atoms with Crippen molar-refractivity contribution in [2.45, 2.75) is 18.6 Å². The van der Waals surface area contributed by atoms with E-state index in [9.17, 15) is 8.42 Å². The van der Waals surface area contributed by atoms with Gasteiger partial charge in [-0.3, -0.25) is 4.18 Å². The maximum Gasteiger partial charge on any atom is 0.277 e. The zero-order chi connectivity index (χ0) is 20.0. The number of rotatable bonds is 16. The van der Waals surface area contributed by atoms with E-state index < -0.39 is 14.9 Å². The largest absolute Gasteiger partial charge is 0.394 e. The van der Waals surface area contributed by atoms with E-state index in [1.807, 2.05) is 19.1 Å². The van der Waals surface area contributed by atoms with Crippen LogP contribution in [0.15, 0.2) is 24.3 Å². The molecule has 1 rings (SSSR count). The molecule has 0 saturated heterocycles. The van der Waals surface area contributed by atoms with Crippen molar-refractivity contribution in [3.8, 4) is 0 Å². The zero-order valence-corrected chi connectivity index (χ0v) is 17.0. The summed E-state index contributed by atoms with van der Waals surface area (Å²) in [6, 6.07) is 0. The zero-order valence-electron chi connectivity index (χ0n) is 16.2. The molecule has 0 aliphatic heterocycles. The van der Waals surface area contributed by atoms with Gasteiger partial charge in [-0.25, -0.2) is 0 Å². The van der Waals surface area contributed by atoms with Crippen LogP contribution in [0.5, 0.6) is 0 Å². The molecule has 0 spiro atoms. The molecule has 0 heterocycles. The van der Waals surface area contributed by atoms with Crippen molar-refractivity contribution >= 4 is 10.1 Å². The fourth-order valence-electron chi connectivity index (χ4n) is 2.29. The van der Waals surface area contributed by atoms with Crippen molar-refractivity contribution in [3.63, 3.8) is 0 Å². The molecule has 8 nitrogen and oxygen atoms in total. The van der Waals surface area contributed by atoms with Crippen molar-refractivity contribution in [1.82, 2.24) is 0 Å². The third-order valence-electron chi connectivity index (χ3n) is 4.20. The molecular formula is C18H32O8S. The summed E-state index contributed by atoms with van der Waals surface area (Å²) in [4.78, 5) is 0. The SMILES string of the molecule is CC1C=CC=CC1(C)S(=O)(=O)OCCOCCOCCOCCOCCO. The maximum absolute atomic E-state index is 12.4. The number of aliphatic hydroxyl groups excluding tert-OH is 1. The van der Waals surface area contributed by atoms with Gasteiger partial charge < -0.3 is 24.1 Å². The van der Waals surface area contributed by atoms with Crippen molar-refractivity contribution in [2.75, 3.05) is 66.1 Å². The van der Waals surface area contributed by atoms with Crippen LogP contribution >= 0.6 is 0 Å². The first-order chi connectivity index (χ1) is 12.9. The lowest BCUT2D eigenvalue weighted by Crippen LogP contribution is -2.41. The minimum Gasteiger partial charge on any atom is -0.394 e.